The molecule has 1 fully saturated rings. The zero-order chi connectivity index (χ0) is 10.7. The van der Waals surface area contributed by atoms with Gasteiger partial charge in [-0.3, -0.25) is 4.79 Å². The van der Waals surface area contributed by atoms with Gasteiger partial charge in [0, 0.05) is 12.1 Å². The van der Waals surface area contributed by atoms with Crippen LogP contribution in [0.4, 0.5) is 0 Å². The molecule has 1 amide bonds. The molecule has 3 nitrogen and oxygen atoms in total. The van der Waals surface area contributed by atoms with Crippen LogP contribution in [0.5, 0.6) is 0 Å². The lowest BCUT2D eigenvalue weighted by Crippen LogP contribution is -2.49. The maximum absolute atomic E-state index is 11.9. The predicted molar refractivity (Wildman–Crippen MR) is 54.4 cm³/mol. The van der Waals surface area contributed by atoms with Crippen molar-refractivity contribution in [3.05, 3.63) is 0 Å². The van der Waals surface area contributed by atoms with Crippen molar-refractivity contribution in [2.24, 2.45) is 5.92 Å². The molecule has 1 aliphatic heterocycles. The fourth-order valence-electron chi connectivity index (χ4n) is 2.13. The molecule has 1 aliphatic rings. The Bertz CT molecular complexity index is 247. The normalized spacial score (nSPS) is 29.4. The molecule has 3 atom stereocenters. The third-order valence-corrected chi connectivity index (χ3v) is 3.01. The Kier molecular flexibility index (Phi) is 3.51. The van der Waals surface area contributed by atoms with Crippen molar-refractivity contribution in [2.45, 2.75) is 52.1 Å². The molecule has 1 rings (SSSR count). The molecule has 0 bridgehead atoms. The van der Waals surface area contributed by atoms with Gasteiger partial charge in [0.25, 0.3) is 0 Å². The smallest absolute Gasteiger partial charge is 0.240 e. The predicted octanol–water partition coefficient (Wildman–Crippen LogP) is 1.94. The molecule has 3 heteroatoms. The summed E-state index contributed by atoms with van der Waals surface area (Å²) in [5, 5.41) is 8.71. The van der Waals surface area contributed by atoms with Crippen molar-refractivity contribution in [2.75, 3.05) is 0 Å². The van der Waals surface area contributed by atoms with Crippen LogP contribution < -0.4 is 0 Å². The Morgan fingerprint density at radius 2 is 1.93 bits per heavy atom. The Hall–Kier alpha value is -1.04. The van der Waals surface area contributed by atoms with E-state index >= 15 is 0 Å². The number of hydrogen-bond donors (Lipinski definition) is 0. The number of carbonyl (C=O) groups is 1. The van der Waals surface area contributed by atoms with E-state index < -0.39 is 5.92 Å². The molecule has 1 heterocycles. The number of piperidine rings is 1. The summed E-state index contributed by atoms with van der Waals surface area (Å²) in [6.45, 7) is 5.81. The lowest BCUT2D eigenvalue weighted by molar-refractivity contribution is -0.139. The van der Waals surface area contributed by atoms with Crippen LogP contribution in [0.2, 0.25) is 0 Å². The van der Waals surface area contributed by atoms with Gasteiger partial charge in [-0.2, -0.15) is 5.26 Å². The van der Waals surface area contributed by atoms with Gasteiger partial charge in [-0.15, -0.1) is 0 Å². The first-order valence-electron chi connectivity index (χ1n) is 5.29. The lowest BCUT2D eigenvalue weighted by atomic mass is 9.96. The number of nitriles is 1. The second kappa shape index (κ2) is 4.45. The summed E-state index contributed by atoms with van der Waals surface area (Å²) >= 11 is 0. The van der Waals surface area contributed by atoms with E-state index in [-0.39, 0.29) is 5.91 Å². The standard InChI is InChI=1S/C11H18N2O/c1-8(7-12)11(14)13-9(2)5-4-6-10(13)3/h8-10H,4-6H2,1-3H3. The molecular weight excluding hydrogens is 176 g/mol. The fourth-order valence-corrected chi connectivity index (χ4v) is 2.13. The minimum absolute atomic E-state index is 0.00722. The highest BCUT2D eigenvalue weighted by molar-refractivity contribution is 5.81. The minimum Gasteiger partial charge on any atom is -0.336 e. The second-order valence-corrected chi connectivity index (χ2v) is 4.23. The summed E-state index contributed by atoms with van der Waals surface area (Å²) in [6.07, 6.45) is 3.31. The highest BCUT2D eigenvalue weighted by Gasteiger charge is 2.31. The molecular formula is C11H18N2O. The molecule has 0 aromatic heterocycles. The van der Waals surface area contributed by atoms with Crippen molar-refractivity contribution >= 4 is 5.91 Å². The van der Waals surface area contributed by atoms with Gasteiger partial charge in [0.15, 0.2) is 0 Å². The van der Waals surface area contributed by atoms with Crippen LogP contribution in [-0.2, 0) is 4.79 Å². The summed E-state index contributed by atoms with van der Waals surface area (Å²) in [4.78, 5) is 13.7. The van der Waals surface area contributed by atoms with Crippen LogP contribution >= 0.6 is 0 Å². The Morgan fingerprint density at radius 3 is 2.36 bits per heavy atom. The van der Waals surface area contributed by atoms with E-state index in [4.69, 9.17) is 5.26 Å². The van der Waals surface area contributed by atoms with E-state index in [0.29, 0.717) is 12.1 Å². The molecule has 14 heavy (non-hydrogen) atoms. The van der Waals surface area contributed by atoms with Gasteiger partial charge in [-0.25, -0.2) is 0 Å². The van der Waals surface area contributed by atoms with Crippen LogP contribution in [-0.4, -0.2) is 22.9 Å². The van der Waals surface area contributed by atoms with Crippen molar-refractivity contribution in [1.82, 2.24) is 4.90 Å². The first-order chi connectivity index (χ1) is 6.57. The topological polar surface area (TPSA) is 44.1 Å². The number of rotatable bonds is 1. The SMILES string of the molecule is CC(C#N)C(=O)N1C(C)CCCC1C. The quantitative estimate of drug-likeness (QED) is 0.640. The van der Waals surface area contributed by atoms with Crippen LogP contribution in [0.15, 0.2) is 0 Å². The minimum atomic E-state index is -0.502. The Labute approximate surface area is 85.7 Å². The fraction of sp³-hybridized carbons (Fsp3) is 0.818. The van der Waals surface area contributed by atoms with E-state index in [1.165, 1.54) is 6.42 Å². The molecule has 0 spiro atoms. The maximum Gasteiger partial charge on any atom is 0.240 e. The van der Waals surface area contributed by atoms with Crippen molar-refractivity contribution < 1.29 is 4.79 Å². The third kappa shape index (κ3) is 2.06. The number of likely N-dealkylation sites (tertiary alicyclic amines) is 1. The van der Waals surface area contributed by atoms with Crippen molar-refractivity contribution in [3.8, 4) is 6.07 Å². The van der Waals surface area contributed by atoms with E-state index in [2.05, 4.69) is 13.8 Å². The molecule has 1 saturated heterocycles. The second-order valence-electron chi connectivity index (χ2n) is 4.23. The van der Waals surface area contributed by atoms with Gasteiger partial charge in [0.05, 0.1) is 6.07 Å². The first kappa shape index (κ1) is 11.0. The van der Waals surface area contributed by atoms with E-state index in [9.17, 15) is 4.79 Å². The molecule has 78 valence electrons. The Morgan fingerprint density at radius 1 is 1.43 bits per heavy atom. The summed E-state index contributed by atoms with van der Waals surface area (Å²) in [5.41, 5.74) is 0. The van der Waals surface area contributed by atoms with Crippen molar-refractivity contribution in [1.29, 1.82) is 5.26 Å². The van der Waals surface area contributed by atoms with Gasteiger partial charge in [0.2, 0.25) is 5.91 Å². The Balaban J connectivity index is 2.73. The van der Waals surface area contributed by atoms with E-state index in [0.717, 1.165) is 12.8 Å². The van der Waals surface area contributed by atoms with E-state index in [1.807, 2.05) is 11.0 Å². The molecule has 0 aromatic rings. The van der Waals surface area contributed by atoms with Crippen LogP contribution in [0.1, 0.15) is 40.0 Å². The number of hydrogen-bond acceptors (Lipinski definition) is 2. The van der Waals surface area contributed by atoms with Crippen molar-refractivity contribution in [3.63, 3.8) is 0 Å². The van der Waals surface area contributed by atoms with E-state index in [1.54, 1.807) is 6.92 Å². The molecule has 0 aliphatic carbocycles. The monoisotopic (exact) mass is 194 g/mol. The van der Waals surface area contributed by atoms with Gasteiger partial charge in [-0.05, 0) is 40.0 Å². The molecule has 0 radical (unpaired) electrons. The summed E-state index contributed by atoms with van der Waals surface area (Å²) < 4.78 is 0. The molecule has 0 aromatic carbocycles. The highest BCUT2D eigenvalue weighted by atomic mass is 16.2. The van der Waals surface area contributed by atoms with Crippen LogP contribution in [0, 0.1) is 17.2 Å². The molecule has 0 N–H and O–H groups in total. The molecule has 0 saturated carbocycles. The van der Waals surface area contributed by atoms with Gasteiger partial charge in [-0.1, -0.05) is 0 Å². The highest BCUT2D eigenvalue weighted by Crippen LogP contribution is 2.24. The van der Waals surface area contributed by atoms with Gasteiger partial charge in [0.1, 0.15) is 5.92 Å². The number of carbonyl (C=O) groups excluding carboxylic acids is 1. The van der Waals surface area contributed by atoms with Crippen LogP contribution in [0.25, 0.3) is 0 Å². The zero-order valence-electron chi connectivity index (χ0n) is 9.16. The third-order valence-electron chi connectivity index (χ3n) is 3.01. The number of nitrogens with zero attached hydrogens (tertiary/aromatic N) is 2. The average molecular weight is 194 g/mol. The number of amides is 1. The maximum atomic E-state index is 11.9. The largest absolute Gasteiger partial charge is 0.336 e. The molecule has 3 unspecified atom stereocenters. The summed E-state index contributed by atoms with van der Waals surface area (Å²) in [7, 11) is 0. The summed E-state index contributed by atoms with van der Waals surface area (Å²) in [6, 6.07) is 2.60. The summed E-state index contributed by atoms with van der Waals surface area (Å²) in [5.74, 6) is -0.509. The van der Waals surface area contributed by atoms with Gasteiger partial charge >= 0.3 is 0 Å². The van der Waals surface area contributed by atoms with Gasteiger partial charge < -0.3 is 4.90 Å². The average Bonchev–Trinajstić information content (AvgIpc) is 2.16. The first-order valence-corrected chi connectivity index (χ1v) is 5.29. The zero-order valence-corrected chi connectivity index (χ0v) is 9.16. The van der Waals surface area contributed by atoms with Crippen LogP contribution in [0.3, 0.4) is 0 Å². The lowest BCUT2D eigenvalue weighted by Gasteiger charge is -2.39.